The number of fused-ring (bicyclic) bond motifs is 3. The van der Waals surface area contributed by atoms with E-state index in [1.807, 2.05) is 0 Å². The third-order valence-electron chi connectivity index (χ3n) is 7.58. The van der Waals surface area contributed by atoms with Crippen molar-refractivity contribution in [2.75, 3.05) is 0 Å². The van der Waals surface area contributed by atoms with Crippen molar-refractivity contribution in [3.63, 3.8) is 0 Å². The monoisotopic (exact) mass is 545 g/mol. The molecule has 2 aromatic rings. The van der Waals surface area contributed by atoms with Gasteiger partial charge in [-0.3, -0.25) is 0 Å². The molecule has 0 spiro atoms. The molecule has 0 saturated heterocycles. The molecule has 0 heterocycles. The minimum Gasteiger partial charge on any atom is -1.00 e. The van der Waals surface area contributed by atoms with E-state index in [0.717, 1.165) is 7.25 Å². The van der Waals surface area contributed by atoms with Crippen molar-refractivity contribution in [3.05, 3.63) is 81.9 Å². The van der Waals surface area contributed by atoms with Crippen LogP contribution in [0.3, 0.4) is 0 Å². The van der Waals surface area contributed by atoms with Crippen LogP contribution in [-0.2, 0) is 33.8 Å². The maximum absolute atomic E-state index is 2.76. The van der Waals surface area contributed by atoms with Crippen LogP contribution >= 0.6 is 0 Å². The van der Waals surface area contributed by atoms with Crippen LogP contribution < -0.4 is 24.8 Å². The van der Waals surface area contributed by atoms with Gasteiger partial charge in [0, 0.05) is 0 Å². The maximum atomic E-state index is 2.76. The van der Waals surface area contributed by atoms with Gasteiger partial charge in [0.25, 0.3) is 0 Å². The van der Waals surface area contributed by atoms with E-state index in [9.17, 15) is 0 Å². The van der Waals surface area contributed by atoms with E-state index in [4.69, 9.17) is 0 Å². The molecule has 0 bridgehead atoms. The number of hydrogen-bond acceptors (Lipinski definition) is 0. The summed E-state index contributed by atoms with van der Waals surface area (Å²) in [6, 6.07) is 14.6. The molecule has 0 fully saturated rings. The standard InChI is InChI=1S/C13H15.C12H11.C2H7Si.2ClH.Zr/c1-3-10(2)12-9-8-11-6-4-5-7-13(11)12;1-3-9-7-11-5-2-6-12(11)8-10(9)4-1;1-3-2;;;/h4-10H,3H2,1-2H3;1,3-4,7-8H,2,5-6H2;3H,1-2H3;2*1H;/q;;;;;+2/p-2. The molecule has 4 heteroatoms. The minimum atomic E-state index is -1.77. The predicted molar refractivity (Wildman–Crippen MR) is 126 cm³/mol. The summed E-state index contributed by atoms with van der Waals surface area (Å²) < 4.78 is 1.56. The number of benzene rings is 2. The second-order valence-electron chi connectivity index (χ2n) is 9.59. The summed E-state index contributed by atoms with van der Waals surface area (Å²) in [5, 5.41) is 0. The molecule has 0 amide bonds. The van der Waals surface area contributed by atoms with Gasteiger partial charge in [-0.15, -0.1) is 0 Å². The number of hydrogen-bond donors (Lipinski definition) is 0. The molecule has 0 radical (unpaired) electrons. The summed E-state index contributed by atoms with van der Waals surface area (Å²) in [6.07, 6.45) is 13.1. The van der Waals surface area contributed by atoms with Crippen LogP contribution in [0.2, 0.25) is 13.1 Å². The number of allylic oxidation sites excluding steroid dienone is 3. The van der Waals surface area contributed by atoms with Gasteiger partial charge >= 0.3 is 186 Å². The van der Waals surface area contributed by atoms with Gasteiger partial charge in [0.05, 0.1) is 0 Å². The molecule has 0 aromatic heterocycles. The van der Waals surface area contributed by atoms with Gasteiger partial charge in [0.1, 0.15) is 0 Å². The SMILES string of the molecule is CCC(C)C1=C[CH]([Zr+2]([CH]2C=Cc3cc4c(cc32)CCC4)[SiH](C)C)c2ccccc21.[Cl-].[Cl-]. The molecule has 3 aliphatic carbocycles. The topological polar surface area (TPSA) is 0 Å². The fourth-order valence-electron chi connectivity index (χ4n) is 5.90. The van der Waals surface area contributed by atoms with Gasteiger partial charge in [-0.25, -0.2) is 0 Å². The van der Waals surface area contributed by atoms with E-state index in [2.05, 4.69) is 81.6 Å². The Morgan fingerprint density at radius 3 is 2.42 bits per heavy atom. The van der Waals surface area contributed by atoms with E-state index in [1.165, 1.54) is 25.7 Å². The van der Waals surface area contributed by atoms with E-state index in [-0.39, 0.29) is 24.8 Å². The van der Waals surface area contributed by atoms with Crippen molar-refractivity contribution in [1.82, 2.24) is 0 Å². The van der Waals surface area contributed by atoms with Crippen molar-refractivity contribution < 1.29 is 45.7 Å². The molecular weight excluding hydrogens is 515 g/mol. The van der Waals surface area contributed by atoms with E-state index in [1.54, 1.807) is 39.0 Å². The quantitative estimate of drug-likeness (QED) is 0.491. The van der Waals surface area contributed by atoms with Crippen molar-refractivity contribution >= 4 is 17.6 Å². The van der Waals surface area contributed by atoms with E-state index in [0.29, 0.717) is 5.92 Å². The van der Waals surface area contributed by atoms with Crippen LogP contribution in [0.15, 0.2) is 48.6 Å². The normalized spacial score (nSPS) is 21.0. The molecule has 3 unspecified atom stereocenters. The molecule has 0 saturated carbocycles. The second-order valence-corrected chi connectivity index (χ2v) is 29.9. The van der Waals surface area contributed by atoms with Gasteiger partial charge in [0.15, 0.2) is 0 Å². The molecule has 31 heavy (non-hydrogen) atoms. The van der Waals surface area contributed by atoms with Crippen LogP contribution in [-0.4, -0.2) is 5.92 Å². The average Bonchev–Trinajstić information content (AvgIpc) is 3.43. The molecule has 5 rings (SSSR count). The molecule has 2 aromatic carbocycles. The Hall–Kier alpha value is -0.400. The summed E-state index contributed by atoms with van der Waals surface area (Å²) in [5.74, 6) is -0.0221. The zero-order chi connectivity index (χ0) is 20.1. The number of halogens is 2. The first-order chi connectivity index (χ1) is 14.1. The largest absolute Gasteiger partial charge is 1.00 e. The summed E-state index contributed by atoms with van der Waals surface area (Å²) in [5.41, 5.74) is 11.5. The molecule has 0 aliphatic heterocycles. The van der Waals surface area contributed by atoms with Gasteiger partial charge in [-0.2, -0.15) is 0 Å². The zero-order valence-corrected chi connectivity index (χ0v) is 24.2. The van der Waals surface area contributed by atoms with Crippen LogP contribution in [0.4, 0.5) is 0 Å². The van der Waals surface area contributed by atoms with Gasteiger partial charge in [-0.1, -0.05) is 0 Å². The van der Waals surface area contributed by atoms with Crippen LogP contribution in [0.1, 0.15) is 67.3 Å². The molecule has 0 nitrogen and oxygen atoms in total. The average molecular weight is 548 g/mol. The molecular formula is C27H33Cl2SiZr. The first kappa shape index (κ1) is 25.2. The fraction of sp³-hybridized carbons (Fsp3) is 0.407. The fourth-order valence-corrected chi connectivity index (χ4v) is 26.9. The Bertz CT molecular complexity index is 1010. The number of aryl methyl sites for hydroxylation is 2. The Morgan fingerprint density at radius 2 is 1.71 bits per heavy atom. The zero-order valence-electron chi connectivity index (χ0n) is 19.1. The summed E-state index contributed by atoms with van der Waals surface area (Å²) >= 11 is -1.77. The molecule has 3 aliphatic rings. The number of rotatable bonds is 5. The Balaban J connectivity index is 0.00000136. The van der Waals surface area contributed by atoms with Crippen molar-refractivity contribution in [1.29, 1.82) is 0 Å². The van der Waals surface area contributed by atoms with E-state index < -0.39 is 26.8 Å². The predicted octanol–water partition coefficient (Wildman–Crippen LogP) is 1.04. The van der Waals surface area contributed by atoms with Gasteiger partial charge in [-0.05, 0) is 0 Å². The molecule has 163 valence electrons. The van der Waals surface area contributed by atoms with Crippen molar-refractivity contribution in [3.8, 4) is 0 Å². The molecule has 3 atom stereocenters. The van der Waals surface area contributed by atoms with E-state index >= 15 is 0 Å². The van der Waals surface area contributed by atoms with Gasteiger partial charge in [0.2, 0.25) is 0 Å². The summed E-state index contributed by atoms with van der Waals surface area (Å²) in [4.78, 5) is 0. The Labute approximate surface area is 209 Å². The minimum absolute atomic E-state index is 0. The first-order valence-corrected chi connectivity index (χ1v) is 21.6. The molecule has 0 N–H and O–H groups in total. The van der Waals surface area contributed by atoms with Crippen LogP contribution in [0.25, 0.3) is 11.6 Å². The van der Waals surface area contributed by atoms with Gasteiger partial charge < -0.3 is 24.8 Å². The second kappa shape index (κ2) is 10.3. The Morgan fingerprint density at radius 1 is 1.00 bits per heavy atom. The third kappa shape index (κ3) is 4.40. The van der Waals surface area contributed by atoms with Crippen LogP contribution in [0, 0.1) is 5.92 Å². The van der Waals surface area contributed by atoms with Crippen molar-refractivity contribution in [2.24, 2.45) is 5.92 Å². The smallest absolute Gasteiger partial charge is 1.00 e. The van der Waals surface area contributed by atoms with Crippen LogP contribution in [0.5, 0.6) is 0 Å². The third-order valence-corrected chi connectivity index (χ3v) is 28.9. The first-order valence-electron chi connectivity index (χ1n) is 11.6. The summed E-state index contributed by atoms with van der Waals surface area (Å²) in [6.45, 7) is 10.1. The summed E-state index contributed by atoms with van der Waals surface area (Å²) in [7, 11) is 0. The maximum Gasteiger partial charge on any atom is -1.00 e. The van der Waals surface area contributed by atoms with Crippen molar-refractivity contribution in [2.45, 2.75) is 59.9 Å². The Kier molecular flexibility index (Phi) is 8.34.